The molecule has 1 heterocycles. The summed E-state index contributed by atoms with van der Waals surface area (Å²) in [6, 6.07) is 20.3. The number of benzene rings is 3. The molecule has 262 valence electrons. The molecule has 4 rings (SSSR count). The zero-order valence-electron chi connectivity index (χ0n) is 26.1. The highest BCUT2D eigenvalue weighted by Gasteiger charge is 2.53. The van der Waals surface area contributed by atoms with Crippen molar-refractivity contribution in [1.29, 1.82) is 5.26 Å². The number of alkyl halides is 7. The van der Waals surface area contributed by atoms with Crippen LogP contribution in [0.4, 0.5) is 35.9 Å². The molecule has 0 saturated carbocycles. The van der Waals surface area contributed by atoms with Gasteiger partial charge in [0.1, 0.15) is 18.8 Å². The van der Waals surface area contributed by atoms with Crippen molar-refractivity contribution in [3.05, 3.63) is 107 Å². The molecule has 8 nitrogen and oxygen atoms in total. The number of hydrogen-bond donors (Lipinski definition) is 1. The van der Waals surface area contributed by atoms with Gasteiger partial charge in [-0.25, -0.2) is 9.59 Å². The smallest absolute Gasteiger partial charge is 0.416 e. The second kappa shape index (κ2) is 15.4. The molecular weight excluding hydrogens is 680 g/mol. The van der Waals surface area contributed by atoms with Crippen molar-refractivity contribution < 1.29 is 50.1 Å². The topological polar surface area (TPSA) is 101 Å². The maximum absolute atomic E-state index is 14.0. The molecule has 3 aromatic carbocycles. The third kappa shape index (κ3) is 9.16. The fraction of sp³-hybridized carbons (Fsp3) is 0.382. The fourth-order valence-corrected chi connectivity index (χ4v) is 5.61. The number of halogens is 7. The van der Waals surface area contributed by atoms with Gasteiger partial charge in [0.2, 0.25) is 0 Å². The Hall–Kier alpha value is -4.48. The number of nitrogens with one attached hydrogen (secondary N) is 1. The average molecular weight is 712 g/mol. The van der Waals surface area contributed by atoms with Crippen LogP contribution in [0.25, 0.3) is 0 Å². The number of ether oxygens (including phenoxy) is 3. The van der Waals surface area contributed by atoms with Gasteiger partial charge in [-0.05, 0) is 54.7 Å². The summed E-state index contributed by atoms with van der Waals surface area (Å²) in [4.78, 5) is 27.7. The fourth-order valence-electron chi connectivity index (χ4n) is 5.53. The molecule has 15 heteroatoms. The van der Waals surface area contributed by atoms with E-state index in [2.05, 4.69) is 11.4 Å². The van der Waals surface area contributed by atoms with E-state index in [9.17, 15) is 41.2 Å². The van der Waals surface area contributed by atoms with E-state index in [1.165, 1.54) is 11.8 Å². The van der Waals surface area contributed by atoms with Gasteiger partial charge in [-0.1, -0.05) is 60.7 Å². The predicted octanol–water partition coefficient (Wildman–Crippen LogP) is 8.36. The maximum Gasteiger partial charge on any atom is 0.416 e. The van der Waals surface area contributed by atoms with Crippen LogP contribution in [0.5, 0.6) is 0 Å². The van der Waals surface area contributed by atoms with Gasteiger partial charge in [-0.2, -0.15) is 31.6 Å². The van der Waals surface area contributed by atoms with Crippen molar-refractivity contribution >= 4 is 23.8 Å². The number of piperidine rings is 1. The quantitative estimate of drug-likeness (QED) is 0.168. The Morgan fingerprint density at radius 2 is 1.53 bits per heavy atom. The van der Waals surface area contributed by atoms with Gasteiger partial charge in [-0.3, -0.25) is 4.90 Å². The molecule has 1 N–H and O–H groups in total. The molecule has 0 aliphatic carbocycles. The number of nitrogens with zero attached hydrogens (tertiary/aromatic N) is 2. The SMILES string of the molecule is C[C@@H](OC[C@@]1(c2ccccc2)CC[C@](C#N)(NC(=O)OCCCl)CN1C(=O)OCc1ccccc1)c1cc(C(F)(F)F)cc(C(F)(F)F)c1. The molecular formula is C34H32ClF6N3O5. The standard InChI is InChI=1S/C34H32ClF6N3O5/c1-23(25-16-27(33(36,37)38)18-28(17-25)34(39,40)41)49-22-32(26-10-6-3-7-11-26)13-12-31(20-42,43-29(45)47-15-14-35)21-44(32)30(46)48-19-24-8-4-2-5-9-24/h2-11,16-18,23H,12-15,19,21-22H2,1H3,(H,43,45)/t23-,31-,32-/m1/s1. The molecule has 1 aliphatic rings. The van der Waals surface area contributed by atoms with Crippen molar-refractivity contribution in [1.82, 2.24) is 10.2 Å². The Balaban J connectivity index is 1.74. The van der Waals surface area contributed by atoms with Crippen LogP contribution >= 0.6 is 11.6 Å². The van der Waals surface area contributed by atoms with E-state index >= 15 is 0 Å². The van der Waals surface area contributed by atoms with Crippen LogP contribution in [0.1, 0.15) is 53.7 Å². The average Bonchev–Trinajstić information content (AvgIpc) is 3.09. The van der Waals surface area contributed by atoms with E-state index < -0.39 is 71.6 Å². The van der Waals surface area contributed by atoms with Crippen LogP contribution in [0.3, 0.4) is 0 Å². The molecule has 3 aromatic rings. The van der Waals surface area contributed by atoms with Crippen molar-refractivity contribution in [3.8, 4) is 6.07 Å². The van der Waals surface area contributed by atoms with Crippen LogP contribution in [0.2, 0.25) is 0 Å². The lowest BCUT2D eigenvalue weighted by Crippen LogP contribution is -2.66. The zero-order valence-corrected chi connectivity index (χ0v) is 26.9. The van der Waals surface area contributed by atoms with Crippen LogP contribution in [0.15, 0.2) is 78.9 Å². The number of hydrogen-bond acceptors (Lipinski definition) is 6. The number of carbonyl (C=O) groups is 2. The number of likely N-dealkylation sites (tertiary alicyclic amines) is 1. The lowest BCUT2D eigenvalue weighted by molar-refractivity contribution is -0.143. The summed E-state index contributed by atoms with van der Waals surface area (Å²) >= 11 is 5.61. The first-order chi connectivity index (χ1) is 23.1. The maximum atomic E-state index is 14.0. The molecule has 0 radical (unpaired) electrons. The van der Waals surface area contributed by atoms with E-state index in [-0.39, 0.29) is 38.0 Å². The van der Waals surface area contributed by atoms with Gasteiger partial charge in [0, 0.05) is 0 Å². The van der Waals surface area contributed by atoms with Crippen LogP contribution in [0, 0.1) is 11.3 Å². The van der Waals surface area contributed by atoms with Crippen LogP contribution in [-0.2, 0) is 38.7 Å². The summed E-state index contributed by atoms with van der Waals surface area (Å²) in [5.41, 5.74) is -5.41. The first-order valence-electron chi connectivity index (χ1n) is 15.0. The third-order valence-electron chi connectivity index (χ3n) is 8.16. The summed E-state index contributed by atoms with van der Waals surface area (Å²) in [5, 5.41) is 12.8. The van der Waals surface area contributed by atoms with Crippen molar-refractivity contribution in [2.75, 3.05) is 25.6 Å². The molecule has 0 spiro atoms. The van der Waals surface area contributed by atoms with Gasteiger partial charge in [0.15, 0.2) is 0 Å². The predicted molar refractivity (Wildman–Crippen MR) is 165 cm³/mol. The summed E-state index contributed by atoms with van der Waals surface area (Å²) in [7, 11) is 0. The summed E-state index contributed by atoms with van der Waals surface area (Å²) in [6.45, 7) is 0.0929. The number of carbonyl (C=O) groups excluding carboxylic acids is 2. The zero-order chi connectivity index (χ0) is 35.9. The third-order valence-corrected chi connectivity index (χ3v) is 8.32. The molecule has 1 saturated heterocycles. The van der Waals surface area contributed by atoms with Gasteiger partial charge >= 0.3 is 24.5 Å². The lowest BCUT2D eigenvalue weighted by atomic mass is 9.75. The number of nitriles is 1. The lowest BCUT2D eigenvalue weighted by Gasteiger charge is -2.51. The molecule has 0 unspecified atom stereocenters. The van der Waals surface area contributed by atoms with Crippen molar-refractivity contribution in [3.63, 3.8) is 0 Å². The normalized spacial score (nSPS) is 20.2. The minimum absolute atomic E-state index is 0.00606. The largest absolute Gasteiger partial charge is 0.448 e. The minimum atomic E-state index is -5.07. The Labute approximate surface area is 283 Å². The second-order valence-electron chi connectivity index (χ2n) is 11.5. The van der Waals surface area contributed by atoms with E-state index in [4.69, 9.17) is 25.8 Å². The highest BCUT2D eigenvalue weighted by Crippen LogP contribution is 2.44. The molecule has 1 fully saturated rings. The second-order valence-corrected chi connectivity index (χ2v) is 11.8. The number of rotatable bonds is 10. The highest BCUT2D eigenvalue weighted by molar-refractivity contribution is 6.18. The van der Waals surface area contributed by atoms with Crippen molar-refractivity contribution in [2.45, 2.75) is 55.9 Å². The molecule has 0 bridgehead atoms. The number of alkyl carbamates (subject to hydrolysis) is 1. The Kier molecular flexibility index (Phi) is 11.7. The molecule has 3 atom stereocenters. The molecule has 2 amide bonds. The Bertz CT molecular complexity index is 1600. The van der Waals surface area contributed by atoms with Crippen LogP contribution < -0.4 is 5.32 Å². The number of amides is 2. The van der Waals surface area contributed by atoms with Gasteiger partial charge < -0.3 is 19.5 Å². The summed E-state index contributed by atoms with van der Waals surface area (Å²) in [5.74, 6) is -0.00606. The first kappa shape index (κ1) is 37.3. The van der Waals surface area contributed by atoms with Gasteiger partial charge in [-0.15, -0.1) is 11.6 Å². The first-order valence-corrected chi connectivity index (χ1v) is 15.5. The molecule has 1 aliphatic heterocycles. The van der Waals surface area contributed by atoms with E-state index in [0.717, 1.165) is 0 Å². The summed E-state index contributed by atoms with van der Waals surface area (Å²) in [6.07, 6.45) is -13.4. The van der Waals surface area contributed by atoms with E-state index in [1.54, 1.807) is 60.7 Å². The van der Waals surface area contributed by atoms with Crippen molar-refractivity contribution in [2.24, 2.45) is 0 Å². The van der Waals surface area contributed by atoms with Gasteiger partial charge in [0.05, 0.1) is 47.9 Å². The summed E-state index contributed by atoms with van der Waals surface area (Å²) < 4.78 is 98.4. The minimum Gasteiger partial charge on any atom is -0.448 e. The molecule has 49 heavy (non-hydrogen) atoms. The van der Waals surface area contributed by atoms with Crippen LogP contribution in [-0.4, -0.2) is 48.3 Å². The monoisotopic (exact) mass is 711 g/mol. The Morgan fingerprint density at radius 1 is 0.939 bits per heavy atom. The van der Waals surface area contributed by atoms with E-state index in [0.29, 0.717) is 23.3 Å². The molecule has 0 aromatic heterocycles. The van der Waals surface area contributed by atoms with Gasteiger partial charge in [0.25, 0.3) is 0 Å². The highest BCUT2D eigenvalue weighted by atomic mass is 35.5. The van der Waals surface area contributed by atoms with E-state index in [1.807, 2.05) is 0 Å². The Morgan fingerprint density at radius 3 is 2.08 bits per heavy atom.